The number of amides is 1. The van der Waals surface area contributed by atoms with Crippen molar-refractivity contribution in [1.82, 2.24) is 0 Å². The Bertz CT molecular complexity index is 355. The molecule has 14 heavy (non-hydrogen) atoms. The standard InChI is InChI=1S/C9H8BrF2NO/c1-5(10)9(14)13-6-2-3-7(11)8(12)4-6/h2-5H,1H3,(H,13,14). The number of benzene rings is 1. The molecule has 5 heteroatoms. The first-order chi connectivity index (χ1) is 6.50. The third-order valence-corrected chi connectivity index (χ3v) is 1.96. The van der Waals surface area contributed by atoms with Gasteiger partial charge in [0.15, 0.2) is 11.6 Å². The van der Waals surface area contributed by atoms with E-state index in [0.717, 1.165) is 12.1 Å². The number of anilines is 1. The molecule has 0 aliphatic carbocycles. The zero-order valence-electron chi connectivity index (χ0n) is 7.35. The molecule has 0 spiro atoms. The lowest BCUT2D eigenvalue weighted by Gasteiger charge is -2.06. The number of carbonyl (C=O) groups excluding carboxylic acids is 1. The summed E-state index contributed by atoms with van der Waals surface area (Å²) in [4.78, 5) is 10.8. The van der Waals surface area contributed by atoms with Crippen LogP contribution in [0.4, 0.5) is 14.5 Å². The Morgan fingerprint density at radius 2 is 2.07 bits per heavy atom. The Labute approximate surface area is 88.4 Å². The zero-order valence-corrected chi connectivity index (χ0v) is 8.94. The van der Waals surface area contributed by atoms with Crippen LogP contribution < -0.4 is 5.32 Å². The van der Waals surface area contributed by atoms with Gasteiger partial charge >= 0.3 is 0 Å². The van der Waals surface area contributed by atoms with E-state index < -0.39 is 11.6 Å². The second-order valence-corrected chi connectivity index (χ2v) is 4.11. The molecule has 0 bridgehead atoms. The van der Waals surface area contributed by atoms with Crippen LogP contribution in [-0.2, 0) is 4.79 Å². The molecule has 2 nitrogen and oxygen atoms in total. The van der Waals surface area contributed by atoms with Crippen LogP contribution in [0.15, 0.2) is 18.2 Å². The van der Waals surface area contributed by atoms with Gasteiger partial charge in [-0.25, -0.2) is 8.78 Å². The van der Waals surface area contributed by atoms with E-state index in [1.807, 2.05) is 0 Å². The normalized spacial score (nSPS) is 12.3. The van der Waals surface area contributed by atoms with Gasteiger partial charge in [0.05, 0.1) is 4.83 Å². The van der Waals surface area contributed by atoms with Crippen molar-refractivity contribution < 1.29 is 13.6 Å². The van der Waals surface area contributed by atoms with Gasteiger partial charge in [0.1, 0.15) is 0 Å². The van der Waals surface area contributed by atoms with E-state index in [9.17, 15) is 13.6 Å². The van der Waals surface area contributed by atoms with Crippen LogP contribution in [0.5, 0.6) is 0 Å². The molecule has 0 saturated heterocycles. The van der Waals surface area contributed by atoms with Crippen LogP contribution in [-0.4, -0.2) is 10.7 Å². The largest absolute Gasteiger partial charge is 0.325 e. The van der Waals surface area contributed by atoms with Crippen molar-refractivity contribution in [3.63, 3.8) is 0 Å². The quantitative estimate of drug-likeness (QED) is 0.817. The minimum atomic E-state index is -0.981. The zero-order chi connectivity index (χ0) is 10.7. The van der Waals surface area contributed by atoms with Gasteiger partial charge in [-0.2, -0.15) is 0 Å². The fourth-order valence-electron chi connectivity index (χ4n) is 0.816. The predicted octanol–water partition coefficient (Wildman–Crippen LogP) is 2.69. The third-order valence-electron chi connectivity index (χ3n) is 1.55. The summed E-state index contributed by atoms with van der Waals surface area (Å²) >= 11 is 3.05. The highest BCUT2D eigenvalue weighted by Crippen LogP contribution is 2.14. The van der Waals surface area contributed by atoms with E-state index in [4.69, 9.17) is 0 Å². The first kappa shape index (κ1) is 11.1. The van der Waals surface area contributed by atoms with E-state index in [0.29, 0.717) is 0 Å². The molecule has 1 unspecified atom stereocenters. The molecular formula is C9H8BrF2NO. The lowest BCUT2D eigenvalue weighted by Crippen LogP contribution is -2.19. The highest BCUT2D eigenvalue weighted by atomic mass is 79.9. The summed E-state index contributed by atoms with van der Waals surface area (Å²) in [5.74, 6) is -2.23. The SMILES string of the molecule is CC(Br)C(=O)Nc1ccc(F)c(F)c1. The average Bonchev–Trinajstić information content (AvgIpc) is 2.11. The summed E-state index contributed by atoms with van der Waals surface area (Å²) in [7, 11) is 0. The molecule has 1 N–H and O–H groups in total. The van der Waals surface area contributed by atoms with Crippen molar-refractivity contribution in [3.8, 4) is 0 Å². The van der Waals surface area contributed by atoms with Gasteiger partial charge in [0, 0.05) is 11.8 Å². The van der Waals surface area contributed by atoms with Crippen molar-refractivity contribution in [1.29, 1.82) is 0 Å². The summed E-state index contributed by atoms with van der Waals surface area (Å²) in [5, 5.41) is 2.42. The average molecular weight is 264 g/mol. The topological polar surface area (TPSA) is 29.1 Å². The van der Waals surface area contributed by atoms with Gasteiger partial charge in [-0.3, -0.25) is 4.79 Å². The molecule has 0 fully saturated rings. The van der Waals surface area contributed by atoms with E-state index in [1.165, 1.54) is 6.07 Å². The Balaban J connectivity index is 2.78. The second-order valence-electron chi connectivity index (χ2n) is 2.73. The maximum Gasteiger partial charge on any atom is 0.237 e. The molecule has 0 radical (unpaired) electrons. The second kappa shape index (κ2) is 4.50. The third kappa shape index (κ3) is 2.77. The summed E-state index contributed by atoms with van der Waals surface area (Å²) in [5.41, 5.74) is 0.236. The molecule has 1 aromatic rings. The molecule has 1 amide bonds. The molecule has 0 aliphatic rings. The Hall–Kier alpha value is -0.970. The van der Waals surface area contributed by atoms with E-state index in [-0.39, 0.29) is 16.4 Å². The minimum absolute atomic E-state index is 0.236. The summed E-state index contributed by atoms with van der Waals surface area (Å²) < 4.78 is 25.2. The summed E-state index contributed by atoms with van der Waals surface area (Å²) in [6.07, 6.45) is 0. The summed E-state index contributed by atoms with van der Waals surface area (Å²) in [6, 6.07) is 3.19. The molecule has 0 saturated carbocycles. The fraction of sp³-hybridized carbons (Fsp3) is 0.222. The van der Waals surface area contributed by atoms with Crippen LogP contribution in [0.1, 0.15) is 6.92 Å². The Kier molecular flexibility index (Phi) is 3.57. The van der Waals surface area contributed by atoms with Crippen LogP contribution in [0.25, 0.3) is 0 Å². The van der Waals surface area contributed by atoms with Crippen molar-refractivity contribution in [2.75, 3.05) is 5.32 Å². The highest BCUT2D eigenvalue weighted by molar-refractivity contribution is 9.10. The minimum Gasteiger partial charge on any atom is -0.325 e. The first-order valence-electron chi connectivity index (χ1n) is 3.90. The van der Waals surface area contributed by atoms with E-state index >= 15 is 0 Å². The number of carbonyl (C=O) groups is 1. The number of hydrogen-bond donors (Lipinski definition) is 1. The number of rotatable bonds is 2. The van der Waals surface area contributed by atoms with Crippen molar-refractivity contribution in [2.24, 2.45) is 0 Å². The van der Waals surface area contributed by atoms with Crippen molar-refractivity contribution in [2.45, 2.75) is 11.8 Å². The van der Waals surface area contributed by atoms with Crippen molar-refractivity contribution in [3.05, 3.63) is 29.8 Å². The van der Waals surface area contributed by atoms with Crippen molar-refractivity contribution >= 4 is 27.5 Å². The molecular weight excluding hydrogens is 256 g/mol. The first-order valence-corrected chi connectivity index (χ1v) is 4.82. The molecule has 1 rings (SSSR count). The van der Waals surface area contributed by atoms with Gasteiger partial charge in [-0.1, -0.05) is 15.9 Å². The van der Waals surface area contributed by atoms with Crippen LogP contribution in [0.3, 0.4) is 0 Å². The van der Waals surface area contributed by atoms with Gasteiger partial charge < -0.3 is 5.32 Å². The molecule has 1 aromatic carbocycles. The number of nitrogens with one attached hydrogen (secondary N) is 1. The van der Waals surface area contributed by atoms with Gasteiger partial charge in [0.25, 0.3) is 0 Å². The van der Waals surface area contributed by atoms with E-state index in [2.05, 4.69) is 21.2 Å². The van der Waals surface area contributed by atoms with Crippen LogP contribution in [0.2, 0.25) is 0 Å². The monoisotopic (exact) mass is 263 g/mol. The van der Waals surface area contributed by atoms with E-state index in [1.54, 1.807) is 6.92 Å². The van der Waals surface area contributed by atoms with Gasteiger partial charge in [0.2, 0.25) is 5.91 Å². The smallest absolute Gasteiger partial charge is 0.237 e. The lowest BCUT2D eigenvalue weighted by molar-refractivity contribution is -0.115. The Morgan fingerprint density at radius 3 is 2.57 bits per heavy atom. The molecule has 0 aromatic heterocycles. The molecule has 76 valence electrons. The molecule has 1 atom stereocenters. The number of halogens is 3. The highest BCUT2D eigenvalue weighted by Gasteiger charge is 2.09. The summed E-state index contributed by atoms with van der Waals surface area (Å²) in [6.45, 7) is 1.63. The van der Waals surface area contributed by atoms with Crippen LogP contribution in [0, 0.1) is 11.6 Å². The van der Waals surface area contributed by atoms with Gasteiger partial charge in [-0.15, -0.1) is 0 Å². The Morgan fingerprint density at radius 1 is 1.43 bits per heavy atom. The fourth-order valence-corrected chi connectivity index (χ4v) is 0.930. The molecule has 0 aliphatic heterocycles. The van der Waals surface area contributed by atoms with Gasteiger partial charge in [-0.05, 0) is 19.1 Å². The number of hydrogen-bond acceptors (Lipinski definition) is 1. The lowest BCUT2D eigenvalue weighted by atomic mass is 10.3. The molecule has 0 heterocycles. The van der Waals surface area contributed by atoms with Crippen LogP contribution >= 0.6 is 15.9 Å². The maximum absolute atomic E-state index is 12.7. The predicted molar refractivity (Wildman–Crippen MR) is 53.4 cm³/mol. The number of alkyl halides is 1. The maximum atomic E-state index is 12.7.